The zero-order valence-electron chi connectivity index (χ0n) is 17.7. The van der Waals surface area contributed by atoms with Crippen LogP contribution in [0.2, 0.25) is 0 Å². The van der Waals surface area contributed by atoms with Crippen LogP contribution in [-0.4, -0.2) is 35.8 Å². The van der Waals surface area contributed by atoms with E-state index >= 15 is 0 Å². The number of hydrogen-bond donors (Lipinski definition) is 2. The summed E-state index contributed by atoms with van der Waals surface area (Å²) in [4.78, 5) is 19.9. The zero-order valence-corrected chi connectivity index (χ0v) is 17.7. The van der Waals surface area contributed by atoms with E-state index in [9.17, 15) is 18.0 Å². The summed E-state index contributed by atoms with van der Waals surface area (Å²) in [5, 5.41) is 2.89. The number of nitrogens with one attached hydrogen (secondary N) is 2. The number of benzene rings is 2. The molecule has 32 heavy (non-hydrogen) atoms. The molecule has 0 saturated heterocycles. The molecular formula is C23H24F3N3O3. The molecule has 1 heterocycles. The van der Waals surface area contributed by atoms with Gasteiger partial charge in [-0.05, 0) is 36.6 Å². The number of hydrogen-bond acceptors (Lipinski definition) is 4. The molecule has 1 aromatic heterocycles. The van der Waals surface area contributed by atoms with E-state index in [-0.39, 0.29) is 29.9 Å². The standard InChI is InChI=1S/C23H24F3N3O3/c1-15(22-27-13-18(29-22)17-6-4-3-5-7-17)28-21(30)11-9-16-8-10-19(20(12-16)31-2)32-14-23(24,25)26/h3-8,10,12-13,15H,9,11,14H2,1-2H3,(H,27,29)(H,28,30). The van der Waals surface area contributed by atoms with Crippen LogP contribution >= 0.6 is 0 Å². The van der Waals surface area contributed by atoms with Gasteiger partial charge in [0.05, 0.1) is 25.0 Å². The summed E-state index contributed by atoms with van der Waals surface area (Å²) in [7, 11) is 1.35. The van der Waals surface area contributed by atoms with E-state index in [4.69, 9.17) is 9.47 Å². The number of aryl methyl sites for hydroxylation is 1. The monoisotopic (exact) mass is 447 g/mol. The Bertz CT molecular complexity index is 1040. The van der Waals surface area contributed by atoms with E-state index in [1.807, 2.05) is 37.3 Å². The van der Waals surface area contributed by atoms with Crippen molar-refractivity contribution in [3.8, 4) is 22.8 Å². The van der Waals surface area contributed by atoms with Crippen LogP contribution in [0.15, 0.2) is 54.7 Å². The molecule has 0 aliphatic heterocycles. The van der Waals surface area contributed by atoms with E-state index in [0.29, 0.717) is 12.2 Å². The van der Waals surface area contributed by atoms with Gasteiger partial charge in [0.25, 0.3) is 0 Å². The predicted octanol–water partition coefficient (Wildman–Crippen LogP) is 4.84. The van der Waals surface area contributed by atoms with Gasteiger partial charge in [0.2, 0.25) is 5.91 Å². The summed E-state index contributed by atoms with van der Waals surface area (Å²) < 4.78 is 47.0. The highest BCUT2D eigenvalue weighted by Crippen LogP contribution is 2.30. The van der Waals surface area contributed by atoms with Gasteiger partial charge in [-0.15, -0.1) is 0 Å². The average Bonchev–Trinajstić information content (AvgIpc) is 3.27. The minimum absolute atomic E-state index is 0.00121. The molecule has 3 rings (SSSR count). The minimum atomic E-state index is -4.44. The first kappa shape index (κ1) is 23.2. The molecule has 6 nitrogen and oxygen atoms in total. The molecular weight excluding hydrogens is 423 g/mol. The number of ether oxygens (including phenoxy) is 2. The van der Waals surface area contributed by atoms with Crippen LogP contribution in [0.1, 0.15) is 30.8 Å². The molecule has 0 aliphatic rings. The van der Waals surface area contributed by atoms with Crippen LogP contribution in [0.25, 0.3) is 11.3 Å². The highest BCUT2D eigenvalue weighted by atomic mass is 19.4. The maximum Gasteiger partial charge on any atom is 0.422 e. The van der Waals surface area contributed by atoms with Crippen LogP contribution in [-0.2, 0) is 11.2 Å². The Labute approximate surface area is 183 Å². The number of H-pyrrole nitrogens is 1. The number of methoxy groups -OCH3 is 1. The van der Waals surface area contributed by atoms with Crippen molar-refractivity contribution in [3.63, 3.8) is 0 Å². The normalized spacial score (nSPS) is 12.3. The van der Waals surface area contributed by atoms with E-state index in [2.05, 4.69) is 15.3 Å². The van der Waals surface area contributed by atoms with Gasteiger partial charge >= 0.3 is 6.18 Å². The van der Waals surface area contributed by atoms with Crippen LogP contribution in [0, 0.1) is 0 Å². The number of amides is 1. The first-order valence-electron chi connectivity index (χ1n) is 10.0. The van der Waals surface area contributed by atoms with Crippen molar-refractivity contribution < 1.29 is 27.4 Å². The molecule has 0 aliphatic carbocycles. The number of carbonyl (C=O) groups is 1. The Morgan fingerprint density at radius 3 is 2.59 bits per heavy atom. The Morgan fingerprint density at radius 2 is 1.91 bits per heavy atom. The van der Waals surface area contributed by atoms with Gasteiger partial charge in [0.1, 0.15) is 5.82 Å². The first-order valence-corrected chi connectivity index (χ1v) is 10.0. The Kier molecular flexibility index (Phi) is 7.40. The lowest BCUT2D eigenvalue weighted by molar-refractivity contribution is -0.153. The fourth-order valence-corrected chi connectivity index (χ4v) is 3.11. The maximum atomic E-state index is 12.4. The predicted molar refractivity (Wildman–Crippen MR) is 113 cm³/mol. The summed E-state index contributed by atoms with van der Waals surface area (Å²) >= 11 is 0. The molecule has 170 valence electrons. The van der Waals surface area contributed by atoms with Gasteiger partial charge < -0.3 is 19.8 Å². The largest absolute Gasteiger partial charge is 0.493 e. The van der Waals surface area contributed by atoms with E-state index in [1.54, 1.807) is 18.3 Å². The molecule has 1 amide bonds. The number of nitrogens with zero attached hydrogens (tertiary/aromatic N) is 1. The number of carbonyl (C=O) groups excluding carboxylic acids is 1. The maximum absolute atomic E-state index is 12.4. The Hall–Kier alpha value is -3.49. The molecule has 0 radical (unpaired) electrons. The fourth-order valence-electron chi connectivity index (χ4n) is 3.11. The fraction of sp³-hybridized carbons (Fsp3) is 0.304. The topological polar surface area (TPSA) is 76.2 Å². The van der Waals surface area contributed by atoms with E-state index in [0.717, 1.165) is 16.8 Å². The number of aromatic amines is 1. The smallest absolute Gasteiger partial charge is 0.422 e. The summed E-state index contributed by atoms with van der Waals surface area (Å²) in [6.45, 7) is 0.434. The Balaban J connectivity index is 1.54. The zero-order chi connectivity index (χ0) is 23.1. The second-order valence-corrected chi connectivity index (χ2v) is 7.23. The summed E-state index contributed by atoms with van der Waals surface area (Å²) in [6.07, 6.45) is -2.12. The molecule has 2 N–H and O–H groups in total. The molecule has 9 heteroatoms. The average molecular weight is 447 g/mol. The lowest BCUT2D eigenvalue weighted by atomic mass is 10.1. The third kappa shape index (κ3) is 6.50. The van der Waals surface area contributed by atoms with E-state index in [1.165, 1.54) is 13.2 Å². The van der Waals surface area contributed by atoms with Gasteiger partial charge in [-0.2, -0.15) is 13.2 Å². The van der Waals surface area contributed by atoms with Crippen molar-refractivity contribution in [2.45, 2.75) is 32.0 Å². The van der Waals surface area contributed by atoms with Crippen LogP contribution < -0.4 is 14.8 Å². The van der Waals surface area contributed by atoms with Crippen molar-refractivity contribution >= 4 is 5.91 Å². The van der Waals surface area contributed by atoms with E-state index < -0.39 is 12.8 Å². The molecule has 1 atom stereocenters. The molecule has 0 spiro atoms. The number of rotatable bonds is 9. The summed E-state index contributed by atoms with van der Waals surface area (Å²) in [5.74, 6) is 0.653. The highest BCUT2D eigenvalue weighted by molar-refractivity contribution is 5.76. The van der Waals surface area contributed by atoms with Crippen LogP contribution in [0.4, 0.5) is 13.2 Å². The second kappa shape index (κ2) is 10.2. The number of halogens is 3. The Morgan fingerprint density at radius 1 is 1.16 bits per heavy atom. The molecule has 2 aromatic carbocycles. The third-order valence-corrected chi connectivity index (χ3v) is 4.73. The van der Waals surface area contributed by atoms with Gasteiger partial charge in [-0.1, -0.05) is 36.4 Å². The van der Waals surface area contributed by atoms with Gasteiger partial charge in [-0.25, -0.2) is 4.98 Å². The number of imidazole rings is 1. The molecule has 0 fully saturated rings. The van der Waals surface area contributed by atoms with Gasteiger partial charge in [0, 0.05) is 6.42 Å². The lowest BCUT2D eigenvalue weighted by Gasteiger charge is -2.14. The minimum Gasteiger partial charge on any atom is -0.493 e. The second-order valence-electron chi connectivity index (χ2n) is 7.23. The molecule has 0 saturated carbocycles. The highest BCUT2D eigenvalue weighted by Gasteiger charge is 2.29. The van der Waals surface area contributed by atoms with Crippen molar-refractivity contribution in [2.75, 3.05) is 13.7 Å². The van der Waals surface area contributed by atoms with Gasteiger partial charge in [0.15, 0.2) is 18.1 Å². The summed E-state index contributed by atoms with van der Waals surface area (Å²) in [6, 6.07) is 14.0. The first-order chi connectivity index (χ1) is 15.2. The number of alkyl halides is 3. The van der Waals surface area contributed by atoms with Crippen LogP contribution in [0.3, 0.4) is 0 Å². The SMILES string of the molecule is COc1cc(CCC(=O)NC(C)c2ncc(-c3ccccc3)[nH]2)ccc1OCC(F)(F)F. The lowest BCUT2D eigenvalue weighted by Crippen LogP contribution is -2.27. The summed E-state index contributed by atoms with van der Waals surface area (Å²) in [5.41, 5.74) is 2.61. The molecule has 3 aromatic rings. The van der Waals surface area contributed by atoms with Crippen molar-refractivity contribution in [1.82, 2.24) is 15.3 Å². The van der Waals surface area contributed by atoms with Crippen molar-refractivity contribution in [1.29, 1.82) is 0 Å². The molecule has 1 unspecified atom stereocenters. The van der Waals surface area contributed by atoms with Gasteiger partial charge in [-0.3, -0.25) is 4.79 Å². The quantitative estimate of drug-likeness (QED) is 0.492. The van der Waals surface area contributed by atoms with Crippen molar-refractivity contribution in [2.24, 2.45) is 0 Å². The molecule has 0 bridgehead atoms. The third-order valence-electron chi connectivity index (χ3n) is 4.73. The number of aromatic nitrogens is 2. The van der Waals surface area contributed by atoms with Crippen LogP contribution in [0.5, 0.6) is 11.5 Å². The van der Waals surface area contributed by atoms with Crippen molar-refractivity contribution in [3.05, 3.63) is 66.1 Å².